The van der Waals surface area contributed by atoms with Gasteiger partial charge in [0.2, 0.25) is 0 Å². The van der Waals surface area contributed by atoms with Crippen LogP contribution < -0.4 is 0 Å². The van der Waals surface area contributed by atoms with E-state index in [0.29, 0.717) is 12.3 Å². The van der Waals surface area contributed by atoms with Crippen molar-refractivity contribution in [1.29, 1.82) is 0 Å². The third-order valence-corrected chi connectivity index (χ3v) is 4.23. The van der Waals surface area contributed by atoms with Crippen LogP contribution in [0.15, 0.2) is 0 Å². The molecule has 1 rings (SSSR count). The Bertz CT molecular complexity index is 304. The number of carbonyl (C=O) groups is 1. The lowest BCUT2D eigenvalue weighted by molar-refractivity contribution is -0.127. The molecule has 0 aromatic carbocycles. The fraction of sp³-hybridized carbons (Fsp3) is 0.929. The second kappa shape index (κ2) is 6.57. The Morgan fingerprint density at radius 3 is 2.53 bits per heavy atom. The van der Waals surface area contributed by atoms with E-state index in [0.717, 1.165) is 12.8 Å². The van der Waals surface area contributed by atoms with Gasteiger partial charge in [-0.2, -0.15) is 0 Å². The molecule has 0 unspecified atom stereocenters. The molecule has 5 heteroatoms. The summed E-state index contributed by atoms with van der Waals surface area (Å²) in [7, 11) is 0. The molecular formula is C14H26O5. The number of aliphatic hydroxyl groups is 2. The maximum atomic E-state index is 11.1. The molecule has 3 N–H and O–H groups in total. The number of aliphatic hydroxyl groups excluding tert-OH is 2. The predicted octanol–water partition coefficient (Wildman–Crippen LogP) is 2.26. The molecule has 0 aromatic heterocycles. The topological polar surface area (TPSA) is 87.0 Å². The highest BCUT2D eigenvalue weighted by atomic mass is 16.7. The van der Waals surface area contributed by atoms with E-state index in [2.05, 4.69) is 6.92 Å². The Labute approximate surface area is 114 Å². The van der Waals surface area contributed by atoms with Gasteiger partial charge in [0, 0.05) is 12.3 Å². The molecule has 0 spiro atoms. The zero-order valence-electron chi connectivity index (χ0n) is 12.0. The first-order valence-electron chi connectivity index (χ1n) is 7.01. The molecule has 0 amide bonds. The Balaban J connectivity index is 3.02. The highest BCUT2D eigenvalue weighted by molar-refractivity contribution is 5.57. The Hall–Kier alpha value is -0.810. The van der Waals surface area contributed by atoms with Crippen molar-refractivity contribution < 1.29 is 24.9 Å². The zero-order valence-corrected chi connectivity index (χ0v) is 12.0. The molecule has 4 atom stereocenters. The SMILES string of the molecule is CC(C)[C@H]1CC[C@@H](C)C[C@@]1(C[C@H](O)CO)OC(=O)O. The van der Waals surface area contributed by atoms with Crippen molar-refractivity contribution in [3.63, 3.8) is 0 Å². The van der Waals surface area contributed by atoms with Gasteiger partial charge in [0.1, 0.15) is 5.60 Å². The molecular weight excluding hydrogens is 248 g/mol. The normalized spacial score (nSPS) is 33.2. The van der Waals surface area contributed by atoms with Crippen LogP contribution in [0, 0.1) is 17.8 Å². The smallest absolute Gasteiger partial charge is 0.450 e. The minimum atomic E-state index is -1.30. The van der Waals surface area contributed by atoms with E-state index in [9.17, 15) is 9.90 Å². The second-order valence-electron chi connectivity index (χ2n) is 6.21. The standard InChI is InChI=1S/C14H26O5/c1-9(2)12-5-4-10(3)6-14(12,19-13(17)18)7-11(16)8-15/h9-12,15-16H,4-8H2,1-3H3,(H,17,18)/t10-,11+,12-,14+/m1/s1. The van der Waals surface area contributed by atoms with E-state index in [1.54, 1.807) is 0 Å². The minimum Gasteiger partial charge on any atom is -0.450 e. The summed E-state index contributed by atoms with van der Waals surface area (Å²) in [5.74, 6) is 0.721. The summed E-state index contributed by atoms with van der Waals surface area (Å²) in [5.41, 5.74) is -0.875. The monoisotopic (exact) mass is 274 g/mol. The van der Waals surface area contributed by atoms with E-state index in [-0.39, 0.29) is 24.9 Å². The van der Waals surface area contributed by atoms with Crippen LogP contribution in [0.3, 0.4) is 0 Å². The van der Waals surface area contributed by atoms with E-state index >= 15 is 0 Å². The molecule has 0 saturated heterocycles. The Morgan fingerprint density at radius 2 is 2.05 bits per heavy atom. The molecule has 1 saturated carbocycles. The predicted molar refractivity (Wildman–Crippen MR) is 70.9 cm³/mol. The fourth-order valence-electron chi connectivity index (χ4n) is 3.54. The highest BCUT2D eigenvalue weighted by Crippen LogP contribution is 2.46. The number of carboxylic acid groups (broad SMARTS) is 1. The summed E-state index contributed by atoms with van der Waals surface area (Å²) in [5, 5.41) is 27.8. The molecule has 0 radical (unpaired) electrons. The van der Waals surface area contributed by atoms with Crippen LogP contribution in [0.1, 0.15) is 46.5 Å². The van der Waals surface area contributed by atoms with E-state index in [1.807, 2.05) is 13.8 Å². The van der Waals surface area contributed by atoms with Gasteiger partial charge in [0.15, 0.2) is 0 Å². The largest absolute Gasteiger partial charge is 0.506 e. The second-order valence-corrected chi connectivity index (χ2v) is 6.21. The highest BCUT2D eigenvalue weighted by Gasteiger charge is 2.48. The van der Waals surface area contributed by atoms with Crippen LogP contribution in [0.5, 0.6) is 0 Å². The summed E-state index contributed by atoms with van der Waals surface area (Å²) < 4.78 is 5.24. The molecule has 0 bridgehead atoms. The third-order valence-electron chi connectivity index (χ3n) is 4.23. The lowest BCUT2D eigenvalue weighted by atomic mass is 9.65. The summed E-state index contributed by atoms with van der Waals surface area (Å²) in [6.07, 6.45) is 0.478. The van der Waals surface area contributed by atoms with Gasteiger partial charge < -0.3 is 20.1 Å². The van der Waals surface area contributed by atoms with E-state index in [1.165, 1.54) is 0 Å². The number of hydrogen-bond donors (Lipinski definition) is 3. The van der Waals surface area contributed by atoms with Gasteiger partial charge in [0.25, 0.3) is 0 Å². The molecule has 0 aromatic rings. The van der Waals surface area contributed by atoms with E-state index < -0.39 is 17.9 Å². The quantitative estimate of drug-likeness (QED) is 0.669. The molecule has 112 valence electrons. The first kappa shape index (κ1) is 16.2. The van der Waals surface area contributed by atoms with Gasteiger partial charge in [-0.15, -0.1) is 0 Å². The summed E-state index contributed by atoms with van der Waals surface area (Å²) in [4.78, 5) is 11.1. The van der Waals surface area contributed by atoms with Gasteiger partial charge in [-0.05, 0) is 24.7 Å². The minimum absolute atomic E-state index is 0.0843. The fourth-order valence-corrected chi connectivity index (χ4v) is 3.54. The summed E-state index contributed by atoms with van der Waals surface area (Å²) in [6, 6.07) is 0. The Morgan fingerprint density at radius 1 is 1.42 bits per heavy atom. The van der Waals surface area contributed by atoms with Gasteiger partial charge in [-0.3, -0.25) is 0 Å². The van der Waals surface area contributed by atoms with E-state index in [4.69, 9.17) is 14.9 Å². The summed E-state index contributed by atoms with van der Waals surface area (Å²) >= 11 is 0. The van der Waals surface area contributed by atoms with Crippen molar-refractivity contribution in [2.24, 2.45) is 17.8 Å². The maximum Gasteiger partial charge on any atom is 0.506 e. The van der Waals surface area contributed by atoms with Crippen LogP contribution in [-0.4, -0.2) is 39.8 Å². The van der Waals surface area contributed by atoms with Crippen molar-refractivity contribution in [3.05, 3.63) is 0 Å². The summed E-state index contributed by atoms with van der Waals surface area (Å²) in [6.45, 7) is 5.80. The average molecular weight is 274 g/mol. The van der Waals surface area contributed by atoms with Gasteiger partial charge in [-0.1, -0.05) is 27.2 Å². The molecule has 1 aliphatic carbocycles. The van der Waals surface area contributed by atoms with Crippen LogP contribution in [0.2, 0.25) is 0 Å². The van der Waals surface area contributed by atoms with Gasteiger partial charge in [0.05, 0.1) is 12.7 Å². The van der Waals surface area contributed by atoms with Crippen LogP contribution in [-0.2, 0) is 4.74 Å². The van der Waals surface area contributed by atoms with Crippen molar-refractivity contribution in [2.75, 3.05) is 6.61 Å². The van der Waals surface area contributed by atoms with Crippen LogP contribution in [0.4, 0.5) is 4.79 Å². The first-order chi connectivity index (χ1) is 8.80. The zero-order chi connectivity index (χ0) is 14.6. The van der Waals surface area contributed by atoms with Gasteiger partial charge in [-0.25, -0.2) is 4.79 Å². The van der Waals surface area contributed by atoms with Crippen molar-refractivity contribution in [3.8, 4) is 0 Å². The number of ether oxygens (including phenoxy) is 1. The molecule has 5 nitrogen and oxygen atoms in total. The third kappa shape index (κ3) is 4.08. The Kier molecular flexibility index (Phi) is 5.62. The lowest BCUT2D eigenvalue weighted by Crippen LogP contribution is -2.51. The molecule has 1 fully saturated rings. The van der Waals surface area contributed by atoms with Crippen molar-refractivity contribution in [1.82, 2.24) is 0 Å². The molecule has 0 aliphatic heterocycles. The number of rotatable bonds is 5. The molecule has 19 heavy (non-hydrogen) atoms. The lowest BCUT2D eigenvalue weighted by Gasteiger charge is -2.47. The van der Waals surface area contributed by atoms with Gasteiger partial charge >= 0.3 is 6.16 Å². The van der Waals surface area contributed by atoms with Crippen molar-refractivity contribution >= 4 is 6.16 Å². The maximum absolute atomic E-state index is 11.1. The first-order valence-corrected chi connectivity index (χ1v) is 7.01. The molecule has 1 aliphatic rings. The van der Waals surface area contributed by atoms with Crippen molar-refractivity contribution in [2.45, 2.75) is 58.2 Å². The van der Waals surface area contributed by atoms with Crippen LogP contribution >= 0.6 is 0 Å². The van der Waals surface area contributed by atoms with Crippen LogP contribution in [0.25, 0.3) is 0 Å². The molecule has 0 heterocycles. The average Bonchev–Trinajstić information content (AvgIpc) is 2.26. The number of hydrogen-bond acceptors (Lipinski definition) is 4.